The number of benzene rings is 4. The third-order valence-electron chi connectivity index (χ3n) is 8.65. The van der Waals surface area contributed by atoms with Crippen LogP contribution in [0.4, 0.5) is 40.8 Å². The molecule has 0 heterocycles. The van der Waals surface area contributed by atoms with Gasteiger partial charge in [0.1, 0.15) is 0 Å². The van der Waals surface area contributed by atoms with Crippen LogP contribution in [0.15, 0.2) is 65.6 Å². The lowest BCUT2D eigenvalue weighted by Gasteiger charge is -2.30. The fourth-order valence-electron chi connectivity index (χ4n) is 5.66. The van der Waals surface area contributed by atoms with Gasteiger partial charge in [0.15, 0.2) is 33.9 Å². The summed E-state index contributed by atoms with van der Waals surface area (Å²) in [5.74, 6) is -17.3. The van der Waals surface area contributed by atoms with Gasteiger partial charge in [0.05, 0.1) is 24.3 Å². The van der Waals surface area contributed by atoms with Crippen LogP contribution < -0.4 is 9.64 Å². The van der Waals surface area contributed by atoms with E-state index in [0.717, 1.165) is 36.1 Å². The van der Waals surface area contributed by atoms with Gasteiger partial charge in [-0.1, -0.05) is 62.7 Å². The predicted octanol–water partition coefficient (Wildman–Crippen LogP) is 9.23. The number of sulfonamides is 1. The van der Waals surface area contributed by atoms with Crippen molar-refractivity contribution in [3.05, 3.63) is 123 Å². The first-order chi connectivity index (χ1) is 25.5. The van der Waals surface area contributed by atoms with E-state index in [1.165, 1.54) is 24.3 Å². The standard InChI is InChI=1S/C37H31ClF8N2O6S/c1-36(2,3)24-13-20(12-23(14-24)21-6-7-21)17-48(26-11-8-22(35(50)51)15-27(26)54-37(44,45)46)28(49)18-47(16-19-4-9-25(38)10-5-19)55(52,53)34-32(42)30(40)29(39)31(41)33(34)43/h4-5,8-15,21H,6-7,16-18H2,1-3H3,(H,50,51). The molecule has 1 aliphatic carbocycles. The molecule has 0 radical (unpaired) electrons. The van der Waals surface area contributed by atoms with Crippen molar-refractivity contribution in [1.82, 2.24) is 4.31 Å². The van der Waals surface area contributed by atoms with Gasteiger partial charge in [0, 0.05) is 11.6 Å². The number of ether oxygens (including phenoxy) is 1. The van der Waals surface area contributed by atoms with Crippen molar-refractivity contribution < 1.29 is 63.0 Å². The number of rotatable bonds is 12. The molecule has 0 atom stereocenters. The number of amides is 1. The summed E-state index contributed by atoms with van der Waals surface area (Å²) in [6.07, 6.45) is -3.75. The Balaban J connectivity index is 1.70. The van der Waals surface area contributed by atoms with Crippen LogP contribution in [0.3, 0.4) is 0 Å². The molecule has 0 aromatic heterocycles. The molecule has 4 aromatic carbocycles. The van der Waals surface area contributed by atoms with E-state index in [-0.39, 0.29) is 20.8 Å². The van der Waals surface area contributed by atoms with Crippen molar-refractivity contribution in [3.63, 3.8) is 0 Å². The summed E-state index contributed by atoms with van der Waals surface area (Å²) in [4.78, 5) is 24.5. The molecule has 0 spiro atoms. The van der Waals surface area contributed by atoms with Gasteiger partial charge in [0.25, 0.3) is 0 Å². The summed E-state index contributed by atoms with van der Waals surface area (Å²) in [7, 11) is -5.84. The van der Waals surface area contributed by atoms with Crippen molar-refractivity contribution in [2.45, 2.75) is 69.3 Å². The zero-order valence-corrected chi connectivity index (χ0v) is 30.7. The number of anilines is 1. The second-order valence-electron chi connectivity index (χ2n) is 13.8. The molecule has 0 bridgehead atoms. The third-order valence-corrected chi connectivity index (χ3v) is 10.7. The summed E-state index contributed by atoms with van der Waals surface area (Å²) in [6.45, 7) is 2.71. The highest BCUT2D eigenvalue weighted by Gasteiger charge is 2.40. The lowest BCUT2D eigenvalue weighted by molar-refractivity contribution is -0.274. The summed E-state index contributed by atoms with van der Waals surface area (Å²) in [6, 6.07) is 12.5. The van der Waals surface area contributed by atoms with E-state index in [1.54, 1.807) is 12.1 Å². The van der Waals surface area contributed by atoms with Gasteiger partial charge in [-0.3, -0.25) is 4.79 Å². The normalized spacial score (nSPS) is 13.6. The zero-order chi connectivity index (χ0) is 40.8. The SMILES string of the molecule is CC(C)(C)c1cc(CN(C(=O)CN(Cc2ccc(Cl)cc2)S(=O)(=O)c2c(F)c(F)c(F)c(F)c2F)c2ccc(C(=O)O)cc2OC(F)(F)F)cc(C2CC2)c1. The van der Waals surface area contributed by atoms with E-state index in [1.807, 2.05) is 26.8 Å². The number of carbonyl (C=O) groups excluding carboxylic acids is 1. The van der Waals surface area contributed by atoms with Crippen molar-refractivity contribution in [3.8, 4) is 5.75 Å². The fraction of sp³-hybridized carbons (Fsp3) is 0.297. The number of halogens is 9. The van der Waals surface area contributed by atoms with Crippen LogP contribution in [0, 0.1) is 29.1 Å². The summed E-state index contributed by atoms with van der Waals surface area (Å²) in [5, 5.41) is 9.67. The number of carbonyl (C=O) groups is 2. The summed E-state index contributed by atoms with van der Waals surface area (Å²) < 4.78 is 146. The van der Waals surface area contributed by atoms with Crippen LogP contribution in [0.2, 0.25) is 5.02 Å². The van der Waals surface area contributed by atoms with Crippen LogP contribution >= 0.6 is 11.6 Å². The molecule has 294 valence electrons. The van der Waals surface area contributed by atoms with E-state index in [2.05, 4.69) is 4.74 Å². The molecule has 4 aromatic rings. The largest absolute Gasteiger partial charge is 0.573 e. The number of carboxylic acids is 1. The quantitative estimate of drug-likeness (QED) is 0.0869. The van der Waals surface area contributed by atoms with E-state index < -0.39 is 104 Å². The molecule has 0 aliphatic heterocycles. The number of hydrogen-bond acceptors (Lipinski definition) is 5. The summed E-state index contributed by atoms with van der Waals surface area (Å²) in [5.41, 5.74) is 0.122. The highest BCUT2D eigenvalue weighted by molar-refractivity contribution is 7.89. The number of aromatic carboxylic acids is 1. The average molecular weight is 819 g/mol. The maximum Gasteiger partial charge on any atom is 0.573 e. The van der Waals surface area contributed by atoms with Crippen LogP contribution in [-0.4, -0.2) is 42.6 Å². The minimum Gasteiger partial charge on any atom is -0.478 e. The Morgan fingerprint density at radius 1 is 0.818 bits per heavy atom. The highest BCUT2D eigenvalue weighted by Crippen LogP contribution is 2.43. The fourth-order valence-corrected chi connectivity index (χ4v) is 7.27. The maximum atomic E-state index is 15.0. The topological polar surface area (TPSA) is 104 Å². The van der Waals surface area contributed by atoms with Gasteiger partial charge in [-0.05, 0) is 76.8 Å². The van der Waals surface area contributed by atoms with E-state index in [4.69, 9.17) is 11.6 Å². The Bertz CT molecular complexity index is 2230. The lowest BCUT2D eigenvalue weighted by Crippen LogP contribution is -2.43. The number of nitrogens with zero attached hydrogens (tertiary/aromatic N) is 2. The second kappa shape index (κ2) is 15.4. The smallest absolute Gasteiger partial charge is 0.478 e. The van der Waals surface area contributed by atoms with Crippen LogP contribution in [-0.2, 0) is 33.3 Å². The van der Waals surface area contributed by atoms with Crippen LogP contribution in [0.25, 0.3) is 0 Å². The first kappa shape index (κ1) is 41.4. The van der Waals surface area contributed by atoms with Gasteiger partial charge in [-0.25, -0.2) is 35.2 Å². The molecule has 0 unspecified atom stereocenters. The lowest BCUT2D eigenvalue weighted by atomic mass is 9.84. The van der Waals surface area contributed by atoms with Crippen molar-refractivity contribution in [1.29, 1.82) is 0 Å². The molecule has 0 saturated heterocycles. The Morgan fingerprint density at radius 2 is 1.40 bits per heavy atom. The van der Waals surface area contributed by atoms with Gasteiger partial charge in [0.2, 0.25) is 21.7 Å². The molecule has 5 rings (SSSR count). The molecule has 8 nitrogen and oxygen atoms in total. The predicted molar refractivity (Wildman–Crippen MR) is 184 cm³/mol. The average Bonchev–Trinajstić information content (AvgIpc) is 3.94. The van der Waals surface area contributed by atoms with Gasteiger partial charge >= 0.3 is 12.3 Å². The zero-order valence-electron chi connectivity index (χ0n) is 29.1. The molecule has 1 saturated carbocycles. The van der Waals surface area contributed by atoms with Crippen molar-refractivity contribution in [2.24, 2.45) is 0 Å². The highest BCUT2D eigenvalue weighted by atomic mass is 35.5. The van der Waals surface area contributed by atoms with Gasteiger partial charge < -0.3 is 14.7 Å². The minimum absolute atomic E-state index is 0.00931. The first-order valence-electron chi connectivity index (χ1n) is 16.3. The molecule has 1 amide bonds. The summed E-state index contributed by atoms with van der Waals surface area (Å²) >= 11 is 5.92. The second-order valence-corrected chi connectivity index (χ2v) is 16.1. The first-order valence-corrected chi connectivity index (χ1v) is 18.1. The minimum atomic E-state index is -5.84. The number of hydrogen-bond donors (Lipinski definition) is 1. The van der Waals surface area contributed by atoms with Crippen LogP contribution in [0.1, 0.15) is 72.1 Å². The van der Waals surface area contributed by atoms with E-state index in [0.29, 0.717) is 16.5 Å². The van der Waals surface area contributed by atoms with E-state index >= 15 is 8.78 Å². The number of alkyl halides is 3. The Morgan fingerprint density at radius 3 is 1.93 bits per heavy atom. The molecule has 55 heavy (non-hydrogen) atoms. The Kier molecular flexibility index (Phi) is 11.6. The molecular formula is C37H31ClF8N2O6S. The molecular weight excluding hydrogens is 788 g/mol. The molecule has 1 fully saturated rings. The molecule has 1 N–H and O–H groups in total. The molecule has 18 heteroatoms. The number of carboxylic acid groups (broad SMARTS) is 1. The van der Waals surface area contributed by atoms with Gasteiger partial charge in [-0.15, -0.1) is 13.2 Å². The Hall–Kier alpha value is -4.74. The van der Waals surface area contributed by atoms with Gasteiger partial charge in [-0.2, -0.15) is 4.31 Å². The maximum absolute atomic E-state index is 15.0. The third kappa shape index (κ3) is 9.39. The molecule has 1 aliphatic rings. The van der Waals surface area contributed by atoms with E-state index in [9.17, 15) is 49.5 Å². The monoisotopic (exact) mass is 818 g/mol. The van der Waals surface area contributed by atoms with Crippen LogP contribution in [0.5, 0.6) is 5.75 Å². The van der Waals surface area contributed by atoms with Crippen molar-refractivity contribution >= 4 is 39.2 Å². The Labute approximate surface area is 314 Å². The van der Waals surface area contributed by atoms with Crippen molar-refractivity contribution in [2.75, 3.05) is 11.4 Å².